The van der Waals surface area contributed by atoms with Gasteiger partial charge in [0.25, 0.3) is 0 Å². The SMILES string of the molecule is Cc1nc2ccc(CCC3(N)CC3)cn2n1. The van der Waals surface area contributed by atoms with Gasteiger partial charge in [-0.05, 0) is 44.2 Å². The van der Waals surface area contributed by atoms with Crippen LogP contribution in [0.15, 0.2) is 18.3 Å². The van der Waals surface area contributed by atoms with Gasteiger partial charge in [-0.25, -0.2) is 9.50 Å². The third-order valence-corrected chi connectivity index (χ3v) is 3.30. The Bertz CT molecular complexity index is 525. The molecule has 2 aromatic rings. The van der Waals surface area contributed by atoms with E-state index in [2.05, 4.69) is 22.3 Å². The maximum Gasteiger partial charge on any atom is 0.155 e. The molecule has 84 valence electrons. The van der Waals surface area contributed by atoms with E-state index in [1.165, 1.54) is 18.4 Å². The highest BCUT2D eigenvalue weighted by Crippen LogP contribution is 2.36. The molecule has 16 heavy (non-hydrogen) atoms. The molecule has 0 amide bonds. The van der Waals surface area contributed by atoms with Crippen LogP contribution >= 0.6 is 0 Å². The molecule has 1 saturated carbocycles. The van der Waals surface area contributed by atoms with Crippen LogP contribution in [-0.4, -0.2) is 20.1 Å². The Kier molecular flexibility index (Phi) is 2.01. The number of nitrogens with two attached hydrogens (primary N) is 1. The van der Waals surface area contributed by atoms with Gasteiger partial charge in [-0.3, -0.25) is 0 Å². The number of fused-ring (bicyclic) bond motifs is 1. The molecule has 0 spiro atoms. The van der Waals surface area contributed by atoms with Crippen LogP contribution in [0, 0.1) is 6.92 Å². The van der Waals surface area contributed by atoms with E-state index in [0.29, 0.717) is 0 Å². The molecule has 0 aromatic carbocycles. The molecule has 2 heterocycles. The lowest BCUT2D eigenvalue weighted by molar-refractivity contribution is 0.607. The third kappa shape index (κ3) is 1.80. The summed E-state index contributed by atoms with van der Waals surface area (Å²) < 4.78 is 1.85. The standard InChI is InChI=1S/C12H16N4/c1-9-14-11-3-2-10(8-16(11)15-9)4-5-12(13)6-7-12/h2-3,8H,4-7,13H2,1H3. The van der Waals surface area contributed by atoms with Crippen LogP contribution in [0.4, 0.5) is 0 Å². The zero-order valence-electron chi connectivity index (χ0n) is 9.48. The predicted molar refractivity (Wildman–Crippen MR) is 62.2 cm³/mol. The fourth-order valence-corrected chi connectivity index (χ4v) is 1.99. The number of aryl methyl sites for hydroxylation is 2. The van der Waals surface area contributed by atoms with E-state index in [-0.39, 0.29) is 5.54 Å². The molecule has 0 radical (unpaired) electrons. The van der Waals surface area contributed by atoms with Crippen molar-refractivity contribution in [1.29, 1.82) is 0 Å². The number of aromatic nitrogens is 3. The van der Waals surface area contributed by atoms with Gasteiger partial charge in [-0.1, -0.05) is 6.07 Å². The molecule has 0 aliphatic heterocycles. The maximum atomic E-state index is 6.08. The first-order chi connectivity index (χ1) is 7.65. The fraction of sp³-hybridized carbons (Fsp3) is 0.500. The molecule has 1 aliphatic carbocycles. The van der Waals surface area contributed by atoms with E-state index in [1.807, 2.05) is 17.5 Å². The van der Waals surface area contributed by atoms with Gasteiger partial charge in [0.15, 0.2) is 5.65 Å². The van der Waals surface area contributed by atoms with Crippen molar-refractivity contribution in [2.45, 2.75) is 38.1 Å². The lowest BCUT2D eigenvalue weighted by atomic mass is 10.1. The van der Waals surface area contributed by atoms with Gasteiger partial charge in [0.2, 0.25) is 0 Å². The van der Waals surface area contributed by atoms with E-state index < -0.39 is 0 Å². The normalized spacial score (nSPS) is 17.9. The Labute approximate surface area is 94.5 Å². The van der Waals surface area contributed by atoms with Crippen molar-refractivity contribution in [2.75, 3.05) is 0 Å². The molecular formula is C12H16N4. The quantitative estimate of drug-likeness (QED) is 0.845. The second kappa shape index (κ2) is 3.28. The van der Waals surface area contributed by atoms with Crippen molar-refractivity contribution in [3.8, 4) is 0 Å². The summed E-state index contributed by atoms with van der Waals surface area (Å²) in [6.07, 6.45) is 6.52. The molecule has 1 fully saturated rings. The first kappa shape index (κ1) is 9.78. The first-order valence-electron chi connectivity index (χ1n) is 5.75. The second-order valence-electron chi connectivity index (χ2n) is 4.86. The van der Waals surface area contributed by atoms with Crippen LogP contribution in [-0.2, 0) is 6.42 Å². The average Bonchev–Trinajstić information content (AvgIpc) is 2.87. The average molecular weight is 216 g/mol. The number of nitrogens with zero attached hydrogens (tertiary/aromatic N) is 3. The van der Waals surface area contributed by atoms with Gasteiger partial charge in [-0.2, -0.15) is 5.10 Å². The minimum atomic E-state index is 0.132. The minimum Gasteiger partial charge on any atom is -0.325 e. The Hall–Kier alpha value is -1.42. The Morgan fingerprint density at radius 1 is 1.44 bits per heavy atom. The number of hydrogen-bond donors (Lipinski definition) is 1. The van der Waals surface area contributed by atoms with Crippen molar-refractivity contribution in [1.82, 2.24) is 14.6 Å². The molecule has 2 N–H and O–H groups in total. The van der Waals surface area contributed by atoms with Crippen LogP contribution < -0.4 is 5.73 Å². The Morgan fingerprint density at radius 3 is 3.00 bits per heavy atom. The molecule has 0 bridgehead atoms. The number of hydrogen-bond acceptors (Lipinski definition) is 3. The summed E-state index contributed by atoms with van der Waals surface area (Å²) in [5.41, 5.74) is 8.41. The monoisotopic (exact) mass is 216 g/mol. The third-order valence-electron chi connectivity index (χ3n) is 3.30. The highest BCUT2D eigenvalue weighted by molar-refractivity contribution is 5.38. The Balaban J connectivity index is 1.81. The predicted octanol–water partition coefficient (Wildman–Crippen LogP) is 1.46. The van der Waals surface area contributed by atoms with Crippen LogP contribution in [0.3, 0.4) is 0 Å². The number of pyridine rings is 1. The van der Waals surface area contributed by atoms with Gasteiger partial charge in [-0.15, -0.1) is 0 Å². The lowest BCUT2D eigenvalue weighted by Gasteiger charge is -2.07. The first-order valence-corrected chi connectivity index (χ1v) is 5.75. The van der Waals surface area contributed by atoms with E-state index in [0.717, 1.165) is 24.3 Å². The zero-order valence-corrected chi connectivity index (χ0v) is 9.48. The molecule has 4 heteroatoms. The smallest absolute Gasteiger partial charge is 0.155 e. The van der Waals surface area contributed by atoms with Gasteiger partial charge in [0, 0.05) is 11.7 Å². The van der Waals surface area contributed by atoms with E-state index in [1.54, 1.807) is 0 Å². The lowest BCUT2D eigenvalue weighted by Crippen LogP contribution is -2.22. The van der Waals surface area contributed by atoms with Crippen molar-refractivity contribution >= 4 is 5.65 Å². The summed E-state index contributed by atoms with van der Waals surface area (Å²) in [6, 6.07) is 4.14. The van der Waals surface area contributed by atoms with Crippen LogP contribution in [0.1, 0.15) is 30.7 Å². The molecule has 1 aliphatic rings. The van der Waals surface area contributed by atoms with Crippen molar-refractivity contribution in [2.24, 2.45) is 5.73 Å². The molecule has 0 unspecified atom stereocenters. The number of rotatable bonds is 3. The molecule has 3 rings (SSSR count). The summed E-state index contributed by atoms with van der Waals surface area (Å²) in [4.78, 5) is 4.30. The fourth-order valence-electron chi connectivity index (χ4n) is 1.99. The maximum absolute atomic E-state index is 6.08. The Morgan fingerprint density at radius 2 is 2.25 bits per heavy atom. The van der Waals surface area contributed by atoms with Gasteiger partial charge >= 0.3 is 0 Å². The molecule has 0 saturated heterocycles. The highest BCUT2D eigenvalue weighted by Gasteiger charge is 2.37. The van der Waals surface area contributed by atoms with Crippen molar-refractivity contribution in [3.63, 3.8) is 0 Å². The minimum absolute atomic E-state index is 0.132. The van der Waals surface area contributed by atoms with E-state index in [9.17, 15) is 0 Å². The molecule has 2 aromatic heterocycles. The molecular weight excluding hydrogens is 200 g/mol. The van der Waals surface area contributed by atoms with E-state index in [4.69, 9.17) is 5.73 Å². The summed E-state index contributed by atoms with van der Waals surface area (Å²) in [5, 5.41) is 4.31. The molecule has 0 atom stereocenters. The topological polar surface area (TPSA) is 56.2 Å². The molecule has 4 nitrogen and oxygen atoms in total. The largest absolute Gasteiger partial charge is 0.325 e. The van der Waals surface area contributed by atoms with Crippen LogP contribution in [0.25, 0.3) is 5.65 Å². The zero-order chi connectivity index (χ0) is 11.2. The van der Waals surface area contributed by atoms with Crippen molar-refractivity contribution in [3.05, 3.63) is 29.7 Å². The highest BCUT2D eigenvalue weighted by atomic mass is 15.3. The van der Waals surface area contributed by atoms with Gasteiger partial charge < -0.3 is 5.73 Å². The summed E-state index contributed by atoms with van der Waals surface area (Å²) in [5.74, 6) is 0.814. The summed E-state index contributed by atoms with van der Waals surface area (Å²) in [7, 11) is 0. The summed E-state index contributed by atoms with van der Waals surface area (Å²) in [6.45, 7) is 1.91. The van der Waals surface area contributed by atoms with Crippen LogP contribution in [0.2, 0.25) is 0 Å². The summed E-state index contributed by atoms with van der Waals surface area (Å²) >= 11 is 0. The van der Waals surface area contributed by atoms with Gasteiger partial charge in [0.05, 0.1) is 0 Å². The second-order valence-corrected chi connectivity index (χ2v) is 4.86. The van der Waals surface area contributed by atoms with Crippen molar-refractivity contribution < 1.29 is 0 Å². The van der Waals surface area contributed by atoms with Gasteiger partial charge in [0.1, 0.15) is 5.82 Å². The van der Waals surface area contributed by atoms with E-state index >= 15 is 0 Å². The van der Waals surface area contributed by atoms with Crippen LogP contribution in [0.5, 0.6) is 0 Å².